The molecule has 5 heteroatoms. The molecule has 2 rings (SSSR count). The lowest BCUT2D eigenvalue weighted by molar-refractivity contribution is 0.0925. The fourth-order valence-corrected chi connectivity index (χ4v) is 2.77. The summed E-state index contributed by atoms with van der Waals surface area (Å²) >= 11 is 0. The zero-order chi connectivity index (χ0) is 13.0. The Kier molecular flexibility index (Phi) is 4.36. The van der Waals surface area contributed by atoms with Crippen LogP contribution in [0.2, 0.25) is 0 Å². The molecule has 5 nitrogen and oxygen atoms in total. The van der Waals surface area contributed by atoms with Crippen molar-refractivity contribution in [2.24, 2.45) is 24.6 Å². The Balaban J connectivity index is 1.87. The SMILES string of the molecule is Cn1nccc1C(=O)NCC1CCCCC1CN. The average Bonchev–Trinajstić information content (AvgIpc) is 2.82. The predicted octanol–water partition coefficient (Wildman–Crippen LogP) is 0.915. The van der Waals surface area contributed by atoms with Crippen molar-refractivity contribution in [3.63, 3.8) is 0 Å². The maximum atomic E-state index is 12.0. The van der Waals surface area contributed by atoms with Gasteiger partial charge >= 0.3 is 0 Å². The van der Waals surface area contributed by atoms with E-state index in [0.717, 1.165) is 13.1 Å². The maximum Gasteiger partial charge on any atom is 0.269 e. The Morgan fingerprint density at radius 3 is 2.83 bits per heavy atom. The highest BCUT2D eigenvalue weighted by atomic mass is 16.2. The van der Waals surface area contributed by atoms with Crippen molar-refractivity contribution < 1.29 is 4.79 Å². The summed E-state index contributed by atoms with van der Waals surface area (Å²) in [4.78, 5) is 12.0. The number of carbonyl (C=O) groups is 1. The number of hydrogen-bond donors (Lipinski definition) is 2. The third-order valence-electron chi connectivity index (χ3n) is 3.95. The van der Waals surface area contributed by atoms with Gasteiger partial charge in [0.05, 0.1) is 0 Å². The van der Waals surface area contributed by atoms with Crippen LogP contribution in [0.1, 0.15) is 36.2 Å². The number of carbonyl (C=O) groups excluding carboxylic acids is 1. The van der Waals surface area contributed by atoms with Gasteiger partial charge in [-0.25, -0.2) is 0 Å². The summed E-state index contributed by atoms with van der Waals surface area (Å²) < 4.78 is 1.59. The van der Waals surface area contributed by atoms with Gasteiger partial charge in [0.15, 0.2) is 0 Å². The lowest BCUT2D eigenvalue weighted by atomic mass is 9.79. The first-order valence-corrected chi connectivity index (χ1v) is 6.68. The van der Waals surface area contributed by atoms with Gasteiger partial charge in [-0.15, -0.1) is 0 Å². The van der Waals surface area contributed by atoms with Crippen LogP contribution in [-0.4, -0.2) is 28.8 Å². The monoisotopic (exact) mass is 250 g/mol. The largest absolute Gasteiger partial charge is 0.350 e. The lowest BCUT2D eigenvalue weighted by Crippen LogP contribution is -2.37. The minimum atomic E-state index is -0.0451. The molecule has 0 bridgehead atoms. The molecule has 1 heterocycles. The molecular formula is C13H22N4O. The van der Waals surface area contributed by atoms with E-state index in [9.17, 15) is 4.79 Å². The fraction of sp³-hybridized carbons (Fsp3) is 0.692. The van der Waals surface area contributed by atoms with Crippen LogP contribution in [0.4, 0.5) is 0 Å². The van der Waals surface area contributed by atoms with Crippen LogP contribution in [0.5, 0.6) is 0 Å². The van der Waals surface area contributed by atoms with Gasteiger partial charge < -0.3 is 11.1 Å². The highest BCUT2D eigenvalue weighted by molar-refractivity contribution is 5.92. The summed E-state index contributed by atoms with van der Waals surface area (Å²) in [5.74, 6) is 1.04. The highest BCUT2D eigenvalue weighted by Gasteiger charge is 2.24. The van der Waals surface area contributed by atoms with Crippen LogP contribution in [0.25, 0.3) is 0 Å². The maximum absolute atomic E-state index is 12.0. The van der Waals surface area contributed by atoms with Gasteiger partial charge in [-0.1, -0.05) is 12.8 Å². The summed E-state index contributed by atoms with van der Waals surface area (Å²) in [5, 5.41) is 7.00. The van der Waals surface area contributed by atoms with Gasteiger partial charge in [0.1, 0.15) is 5.69 Å². The van der Waals surface area contributed by atoms with Crippen LogP contribution in [0.15, 0.2) is 12.3 Å². The molecule has 1 fully saturated rings. The van der Waals surface area contributed by atoms with E-state index in [1.165, 1.54) is 25.7 Å². The molecular weight excluding hydrogens is 228 g/mol. The smallest absolute Gasteiger partial charge is 0.269 e. The fourth-order valence-electron chi connectivity index (χ4n) is 2.77. The van der Waals surface area contributed by atoms with Gasteiger partial charge in [-0.3, -0.25) is 9.48 Å². The molecule has 1 aliphatic rings. The minimum absolute atomic E-state index is 0.0451. The third kappa shape index (κ3) is 2.90. The lowest BCUT2D eigenvalue weighted by Gasteiger charge is -2.30. The summed E-state index contributed by atoms with van der Waals surface area (Å²) in [6.07, 6.45) is 6.53. The van der Waals surface area contributed by atoms with Crippen molar-refractivity contribution in [2.45, 2.75) is 25.7 Å². The number of nitrogens with two attached hydrogens (primary N) is 1. The molecule has 0 aliphatic heterocycles. The van der Waals surface area contributed by atoms with E-state index in [4.69, 9.17) is 5.73 Å². The first-order valence-electron chi connectivity index (χ1n) is 6.68. The topological polar surface area (TPSA) is 72.9 Å². The quantitative estimate of drug-likeness (QED) is 0.834. The van der Waals surface area contributed by atoms with Gasteiger partial charge in [-0.2, -0.15) is 5.10 Å². The second-order valence-electron chi connectivity index (χ2n) is 5.09. The summed E-state index contributed by atoms with van der Waals surface area (Å²) in [6, 6.07) is 1.73. The highest BCUT2D eigenvalue weighted by Crippen LogP contribution is 2.28. The van der Waals surface area contributed by atoms with Gasteiger partial charge in [-0.05, 0) is 37.3 Å². The third-order valence-corrected chi connectivity index (χ3v) is 3.95. The van der Waals surface area contributed by atoms with Gasteiger partial charge in [0, 0.05) is 19.8 Å². The van der Waals surface area contributed by atoms with Crippen LogP contribution >= 0.6 is 0 Å². The number of aryl methyl sites for hydroxylation is 1. The van der Waals surface area contributed by atoms with Crippen LogP contribution in [-0.2, 0) is 7.05 Å². The van der Waals surface area contributed by atoms with Crippen LogP contribution < -0.4 is 11.1 Å². The Morgan fingerprint density at radius 1 is 1.50 bits per heavy atom. The number of hydrogen-bond acceptors (Lipinski definition) is 3. The zero-order valence-corrected chi connectivity index (χ0v) is 10.9. The molecule has 1 amide bonds. The molecule has 0 saturated heterocycles. The van der Waals surface area contributed by atoms with Crippen molar-refractivity contribution in [3.8, 4) is 0 Å². The number of rotatable bonds is 4. The zero-order valence-electron chi connectivity index (χ0n) is 10.9. The molecule has 100 valence electrons. The van der Waals surface area contributed by atoms with E-state index in [-0.39, 0.29) is 5.91 Å². The van der Waals surface area contributed by atoms with Crippen molar-refractivity contribution >= 4 is 5.91 Å². The molecule has 2 atom stereocenters. The van der Waals surface area contributed by atoms with Gasteiger partial charge in [0.2, 0.25) is 0 Å². The van der Waals surface area contributed by atoms with E-state index in [0.29, 0.717) is 17.5 Å². The van der Waals surface area contributed by atoms with E-state index in [1.54, 1.807) is 24.0 Å². The minimum Gasteiger partial charge on any atom is -0.350 e. The number of nitrogens with zero attached hydrogens (tertiary/aromatic N) is 2. The Bertz CT molecular complexity index is 401. The van der Waals surface area contributed by atoms with E-state index < -0.39 is 0 Å². The molecule has 0 aromatic carbocycles. The Labute approximate surface area is 108 Å². The van der Waals surface area contributed by atoms with E-state index >= 15 is 0 Å². The van der Waals surface area contributed by atoms with Crippen LogP contribution in [0.3, 0.4) is 0 Å². The molecule has 1 aromatic heterocycles. The van der Waals surface area contributed by atoms with Crippen molar-refractivity contribution in [3.05, 3.63) is 18.0 Å². The van der Waals surface area contributed by atoms with Crippen molar-refractivity contribution in [1.29, 1.82) is 0 Å². The molecule has 3 N–H and O–H groups in total. The van der Waals surface area contributed by atoms with Gasteiger partial charge in [0.25, 0.3) is 5.91 Å². The second kappa shape index (κ2) is 6.00. The van der Waals surface area contributed by atoms with Crippen molar-refractivity contribution in [2.75, 3.05) is 13.1 Å². The molecule has 0 radical (unpaired) electrons. The summed E-state index contributed by atoms with van der Waals surface area (Å²) in [6.45, 7) is 1.46. The van der Waals surface area contributed by atoms with E-state index in [1.807, 2.05) is 0 Å². The number of nitrogens with one attached hydrogen (secondary N) is 1. The van der Waals surface area contributed by atoms with Crippen LogP contribution in [0, 0.1) is 11.8 Å². The predicted molar refractivity (Wildman–Crippen MR) is 70.0 cm³/mol. The standard InChI is InChI=1S/C13H22N4O/c1-17-12(6-7-16-17)13(18)15-9-11-5-3-2-4-10(11)8-14/h6-7,10-11H,2-5,8-9,14H2,1H3,(H,15,18). The summed E-state index contributed by atoms with van der Waals surface area (Å²) in [7, 11) is 1.78. The molecule has 1 aliphatic carbocycles. The summed E-state index contributed by atoms with van der Waals surface area (Å²) in [5.41, 5.74) is 6.40. The van der Waals surface area contributed by atoms with E-state index in [2.05, 4.69) is 10.4 Å². The molecule has 1 aromatic rings. The Hall–Kier alpha value is -1.36. The first-order chi connectivity index (χ1) is 8.72. The molecule has 2 unspecified atom stereocenters. The van der Waals surface area contributed by atoms with Crippen molar-refractivity contribution in [1.82, 2.24) is 15.1 Å². The molecule has 18 heavy (non-hydrogen) atoms. The molecule has 0 spiro atoms. The second-order valence-corrected chi connectivity index (χ2v) is 5.09. The average molecular weight is 250 g/mol. The number of amides is 1. The Morgan fingerprint density at radius 2 is 2.22 bits per heavy atom. The number of aromatic nitrogens is 2. The normalized spacial score (nSPS) is 23.9. The molecule has 1 saturated carbocycles. The first kappa shape index (κ1) is 13.1.